The average molecular weight is 189 g/mol. The van der Waals surface area contributed by atoms with Crippen molar-refractivity contribution in [1.82, 2.24) is 5.32 Å². The molecular weight excluding hydrogens is 174 g/mol. The first-order chi connectivity index (χ1) is 5.57. The van der Waals surface area contributed by atoms with Crippen LogP contribution in [0.3, 0.4) is 0 Å². The molecule has 3 nitrogen and oxygen atoms in total. The summed E-state index contributed by atoms with van der Waals surface area (Å²) >= 11 is 4.96. The number of nitrogens with one attached hydrogen (secondary N) is 1. The quantitative estimate of drug-likeness (QED) is 0.531. The van der Waals surface area contributed by atoms with Gasteiger partial charge in [0.15, 0.2) is 0 Å². The number of esters is 1. The standard InChI is InChI=1S/C8H15NO2S/c1-4-11-7(10)5-9-8(12)6(2)3/h6H,4-5H2,1-3H3,(H,9,12). The fourth-order valence-electron chi connectivity index (χ4n) is 0.575. The third kappa shape index (κ3) is 5.07. The lowest BCUT2D eigenvalue weighted by Gasteiger charge is -2.09. The van der Waals surface area contributed by atoms with Gasteiger partial charge in [-0.25, -0.2) is 0 Å². The number of rotatable bonds is 4. The van der Waals surface area contributed by atoms with Gasteiger partial charge in [0.2, 0.25) is 0 Å². The first kappa shape index (κ1) is 11.4. The number of ether oxygens (including phenoxy) is 1. The van der Waals surface area contributed by atoms with Crippen molar-refractivity contribution in [3.63, 3.8) is 0 Å². The summed E-state index contributed by atoms with van der Waals surface area (Å²) in [4.78, 5) is 11.5. The molecule has 0 unspecified atom stereocenters. The maximum absolute atomic E-state index is 10.8. The van der Waals surface area contributed by atoms with Crippen LogP contribution in [0.1, 0.15) is 20.8 Å². The molecule has 1 N–H and O–H groups in total. The van der Waals surface area contributed by atoms with Crippen LogP contribution >= 0.6 is 12.2 Å². The maximum atomic E-state index is 10.8. The van der Waals surface area contributed by atoms with Crippen LogP contribution in [0.5, 0.6) is 0 Å². The highest BCUT2D eigenvalue weighted by Gasteiger charge is 2.05. The number of thiocarbonyl (C=S) groups is 1. The molecule has 0 aromatic heterocycles. The monoisotopic (exact) mass is 189 g/mol. The molecular formula is C8H15NO2S. The van der Waals surface area contributed by atoms with Gasteiger partial charge in [0.25, 0.3) is 0 Å². The van der Waals surface area contributed by atoms with Gasteiger partial charge >= 0.3 is 5.97 Å². The van der Waals surface area contributed by atoms with Crippen LogP contribution in [0.4, 0.5) is 0 Å². The van der Waals surface area contributed by atoms with Gasteiger partial charge in [-0.1, -0.05) is 26.1 Å². The first-order valence-corrected chi connectivity index (χ1v) is 4.42. The molecule has 70 valence electrons. The minimum atomic E-state index is -0.263. The van der Waals surface area contributed by atoms with Gasteiger partial charge in [-0.15, -0.1) is 0 Å². The van der Waals surface area contributed by atoms with E-state index in [1.165, 1.54) is 0 Å². The minimum absolute atomic E-state index is 0.171. The Balaban J connectivity index is 3.54. The van der Waals surface area contributed by atoms with Crippen LogP contribution < -0.4 is 5.32 Å². The van der Waals surface area contributed by atoms with E-state index in [0.29, 0.717) is 11.6 Å². The Hall–Kier alpha value is -0.640. The van der Waals surface area contributed by atoms with Crippen LogP contribution in [0, 0.1) is 5.92 Å². The molecule has 0 aliphatic carbocycles. The van der Waals surface area contributed by atoms with E-state index in [0.717, 1.165) is 0 Å². The fraction of sp³-hybridized carbons (Fsp3) is 0.750. The zero-order chi connectivity index (χ0) is 9.56. The summed E-state index contributed by atoms with van der Waals surface area (Å²) in [5.41, 5.74) is 0. The summed E-state index contributed by atoms with van der Waals surface area (Å²) in [6.45, 7) is 6.31. The van der Waals surface area contributed by atoms with Crippen LogP contribution in [0.2, 0.25) is 0 Å². The van der Waals surface area contributed by atoms with E-state index in [9.17, 15) is 4.79 Å². The van der Waals surface area contributed by atoms with Crippen molar-refractivity contribution in [2.75, 3.05) is 13.2 Å². The van der Waals surface area contributed by atoms with E-state index in [4.69, 9.17) is 17.0 Å². The van der Waals surface area contributed by atoms with Gasteiger partial charge in [-0.3, -0.25) is 4.79 Å². The van der Waals surface area contributed by atoms with Crippen molar-refractivity contribution in [3.05, 3.63) is 0 Å². The second-order valence-corrected chi connectivity index (χ2v) is 3.12. The van der Waals surface area contributed by atoms with Crippen molar-refractivity contribution in [3.8, 4) is 0 Å². The predicted octanol–water partition coefficient (Wildman–Crippen LogP) is 1.12. The molecule has 0 bridgehead atoms. The highest BCUT2D eigenvalue weighted by atomic mass is 32.1. The van der Waals surface area contributed by atoms with Gasteiger partial charge in [0.1, 0.15) is 6.54 Å². The molecule has 0 aliphatic heterocycles. The van der Waals surface area contributed by atoms with E-state index in [1.807, 2.05) is 13.8 Å². The third-order valence-corrected chi connectivity index (χ3v) is 1.85. The van der Waals surface area contributed by atoms with Crippen LogP contribution in [-0.2, 0) is 9.53 Å². The molecule has 0 aliphatic rings. The molecule has 0 saturated carbocycles. The molecule has 0 fully saturated rings. The first-order valence-electron chi connectivity index (χ1n) is 4.01. The van der Waals surface area contributed by atoms with Crippen molar-refractivity contribution < 1.29 is 9.53 Å². The van der Waals surface area contributed by atoms with E-state index in [1.54, 1.807) is 6.92 Å². The molecule has 0 amide bonds. The molecule has 0 atom stereocenters. The predicted molar refractivity (Wildman–Crippen MR) is 52.1 cm³/mol. The van der Waals surface area contributed by atoms with Gasteiger partial charge in [-0.2, -0.15) is 0 Å². The Morgan fingerprint density at radius 2 is 2.17 bits per heavy atom. The SMILES string of the molecule is CCOC(=O)CNC(=S)C(C)C. The summed E-state index contributed by atoms with van der Waals surface area (Å²) in [6, 6.07) is 0. The third-order valence-electron chi connectivity index (χ3n) is 1.24. The van der Waals surface area contributed by atoms with Gasteiger partial charge in [0, 0.05) is 5.92 Å². The highest BCUT2D eigenvalue weighted by molar-refractivity contribution is 7.80. The molecule has 0 radical (unpaired) electrons. The van der Waals surface area contributed by atoms with E-state index < -0.39 is 0 Å². The number of carbonyl (C=O) groups excluding carboxylic acids is 1. The number of carbonyl (C=O) groups is 1. The smallest absolute Gasteiger partial charge is 0.325 e. The van der Waals surface area contributed by atoms with E-state index in [-0.39, 0.29) is 18.4 Å². The summed E-state index contributed by atoms with van der Waals surface area (Å²) in [5, 5.41) is 2.82. The van der Waals surface area contributed by atoms with Crippen molar-refractivity contribution in [1.29, 1.82) is 0 Å². The van der Waals surface area contributed by atoms with E-state index in [2.05, 4.69) is 5.32 Å². The highest BCUT2D eigenvalue weighted by Crippen LogP contribution is 1.92. The minimum Gasteiger partial charge on any atom is -0.465 e. The zero-order valence-corrected chi connectivity index (χ0v) is 8.53. The summed E-state index contributed by atoms with van der Waals surface area (Å²) in [5.74, 6) is 0.00919. The lowest BCUT2D eigenvalue weighted by atomic mass is 10.2. The van der Waals surface area contributed by atoms with Crippen LogP contribution in [0.15, 0.2) is 0 Å². The van der Waals surface area contributed by atoms with Crippen molar-refractivity contribution in [2.45, 2.75) is 20.8 Å². The van der Waals surface area contributed by atoms with Crippen LogP contribution in [-0.4, -0.2) is 24.1 Å². The zero-order valence-electron chi connectivity index (χ0n) is 7.72. The number of hydrogen-bond acceptors (Lipinski definition) is 3. The Kier molecular flexibility index (Phi) is 5.62. The molecule has 0 saturated heterocycles. The lowest BCUT2D eigenvalue weighted by molar-refractivity contribution is -0.141. The topological polar surface area (TPSA) is 38.3 Å². The van der Waals surface area contributed by atoms with Crippen molar-refractivity contribution >= 4 is 23.2 Å². The summed E-state index contributed by atoms with van der Waals surface area (Å²) in [7, 11) is 0. The Morgan fingerprint density at radius 3 is 2.58 bits per heavy atom. The Morgan fingerprint density at radius 1 is 1.58 bits per heavy atom. The largest absolute Gasteiger partial charge is 0.465 e. The molecule has 0 aromatic rings. The maximum Gasteiger partial charge on any atom is 0.325 e. The molecule has 0 heterocycles. The van der Waals surface area contributed by atoms with E-state index >= 15 is 0 Å². The van der Waals surface area contributed by atoms with Crippen LogP contribution in [0.25, 0.3) is 0 Å². The number of hydrogen-bond donors (Lipinski definition) is 1. The molecule has 12 heavy (non-hydrogen) atoms. The Bertz CT molecular complexity index is 168. The summed E-state index contributed by atoms with van der Waals surface area (Å²) < 4.78 is 4.71. The molecule has 0 aromatic carbocycles. The molecule has 0 rings (SSSR count). The second kappa shape index (κ2) is 5.94. The van der Waals surface area contributed by atoms with Gasteiger partial charge < -0.3 is 10.1 Å². The van der Waals surface area contributed by atoms with Gasteiger partial charge in [-0.05, 0) is 6.92 Å². The average Bonchev–Trinajstić information content (AvgIpc) is 2.00. The summed E-state index contributed by atoms with van der Waals surface area (Å²) in [6.07, 6.45) is 0. The van der Waals surface area contributed by atoms with Crippen molar-refractivity contribution in [2.24, 2.45) is 5.92 Å². The molecule has 4 heteroatoms. The normalized spacial score (nSPS) is 9.67. The fourth-order valence-corrected chi connectivity index (χ4v) is 0.648. The Labute approximate surface area is 78.5 Å². The molecule has 0 spiro atoms. The second-order valence-electron chi connectivity index (χ2n) is 2.68. The lowest BCUT2D eigenvalue weighted by Crippen LogP contribution is -2.32. The van der Waals surface area contributed by atoms with Gasteiger partial charge in [0.05, 0.1) is 11.6 Å².